The summed E-state index contributed by atoms with van der Waals surface area (Å²) in [4.78, 5) is 84.8. The smallest absolute Gasteiger partial charge is 0.347 e. The molecule has 14 heteroatoms. The lowest BCUT2D eigenvalue weighted by atomic mass is 10.2. The molecule has 0 saturated carbocycles. The van der Waals surface area contributed by atoms with Crippen molar-refractivity contribution in [3.8, 4) is 0 Å². The average Bonchev–Trinajstić information content (AvgIpc) is 2.95. The standard InChI is InChI=1S/C29H38O14/c1-8-12-23(30)38-17(3)25(32)40-19(5)27(34)42-21(7)29(36)43-20(6)28(35)41-18(4)26(33)39-16(2)24(31)37-15-22-13-10-9-11-14-22/h9-11,13-14,16-21H,8,12,15H2,1-7H3/t16-,17+,18-,19-,20-,21-/m1/s1. The predicted octanol–water partition coefficient (Wildman–Crippen LogP) is 2.12. The highest BCUT2D eigenvalue weighted by Gasteiger charge is 2.32. The lowest BCUT2D eigenvalue weighted by Gasteiger charge is -2.20. The zero-order chi connectivity index (χ0) is 32.7. The zero-order valence-corrected chi connectivity index (χ0v) is 25.2. The van der Waals surface area contributed by atoms with Crippen LogP contribution in [0.4, 0.5) is 0 Å². The van der Waals surface area contributed by atoms with Gasteiger partial charge in [-0.25, -0.2) is 28.8 Å². The van der Waals surface area contributed by atoms with Crippen molar-refractivity contribution in [3.05, 3.63) is 35.9 Å². The van der Waals surface area contributed by atoms with E-state index in [9.17, 15) is 33.6 Å². The molecular formula is C29H38O14. The number of carbonyl (C=O) groups is 7. The van der Waals surface area contributed by atoms with Crippen molar-refractivity contribution in [2.24, 2.45) is 0 Å². The minimum absolute atomic E-state index is 0.0256. The molecule has 0 saturated heterocycles. The molecule has 0 aromatic heterocycles. The minimum atomic E-state index is -1.52. The molecule has 0 fully saturated rings. The molecule has 0 aliphatic rings. The molecule has 0 radical (unpaired) electrons. The Morgan fingerprint density at radius 3 is 1.19 bits per heavy atom. The van der Waals surface area contributed by atoms with Gasteiger partial charge in [-0.05, 0) is 53.5 Å². The van der Waals surface area contributed by atoms with E-state index in [1.165, 1.54) is 27.7 Å². The molecule has 6 atom stereocenters. The Labute approximate surface area is 249 Å². The minimum Gasteiger partial charge on any atom is -0.458 e. The number of hydrogen-bond acceptors (Lipinski definition) is 14. The van der Waals surface area contributed by atoms with Gasteiger partial charge in [0.1, 0.15) is 6.61 Å². The van der Waals surface area contributed by atoms with Crippen LogP contribution in [0.25, 0.3) is 0 Å². The fraction of sp³-hybridized carbons (Fsp3) is 0.552. The number of carbonyl (C=O) groups excluding carboxylic acids is 7. The van der Waals surface area contributed by atoms with Gasteiger partial charge in [-0.15, -0.1) is 0 Å². The second-order valence-electron chi connectivity index (χ2n) is 9.37. The molecule has 1 aromatic carbocycles. The third-order valence-corrected chi connectivity index (χ3v) is 5.44. The highest BCUT2D eigenvalue weighted by Crippen LogP contribution is 2.09. The van der Waals surface area contributed by atoms with Crippen molar-refractivity contribution < 1.29 is 66.7 Å². The third-order valence-electron chi connectivity index (χ3n) is 5.44. The van der Waals surface area contributed by atoms with Crippen molar-refractivity contribution in [1.29, 1.82) is 0 Å². The molecule has 0 aliphatic carbocycles. The topological polar surface area (TPSA) is 184 Å². The van der Waals surface area contributed by atoms with Crippen LogP contribution < -0.4 is 0 Å². The Morgan fingerprint density at radius 2 is 0.837 bits per heavy atom. The maximum absolute atomic E-state index is 12.3. The Kier molecular flexibility index (Phi) is 15.4. The Morgan fingerprint density at radius 1 is 0.512 bits per heavy atom. The van der Waals surface area contributed by atoms with Crippen LogP contribution in [-0.4, -0.2) is 78.4 Å². The summed E-state index contributed by atoms with van der Waals surface area (Å²) in [7, 11) is 0. The Hall–Kier alpha value is -4.49. The first-order chi connectivity index (χ1) is 20.2. The van der Waals surface area contributed by atoms with Crippen molar-refractivity contribution in [2.45, 2.75) is 105 Å². The average molecular weight is 611 g/mol. The summed E-state index contributed by atoms with van der Waals surface area (Å²) in [5.74, 6) is -6.81. The van der Waals surface area contributed by atoms with Crippen LogP contribution >= 0.6 is 0 Å². The summed E-state index contributed by atoms with van der Waals surface area (Å²) in [5.41, 5.74) is 0.735. The molecule has 0 N–H and O–H groups in total. The maximum Gasteiger partial charge on any atom is 0.347 e. The lowest BCUT2D eigenvalue weighted by Crippen LogP contribution is -2.39. The summed E-state index contributed by atoms with van der Waals surface area (Å²) < 4.78 is 34.7. The summed E-state index contributed by atoms with van der Waals surface area (Å²) in [6.07, 6.45) is -7.89. The van der Waals surface area contributed by atoms with Gasteiger partial charge in [-0.3, -0.25) is 4.79 Å². The first kappa shape index (κ1) is 36.5. The van der Waals surface area contributed by atoms with E-state index in [0.717, 1.165) is 19.4 Å². The highest BCUT2D eigenvalue weighted by atomic mass is 16.7. The molecule has 0 bridgehead atoms. The SMILES string of the molecule is CCCC(=O)O[C@@H](C)C(=O)O[C@H](C)C(=O)O[C@H](C)C(=O)O[C@H](C)C(=O)O[C@H](C)C(=O)O[C@H](C)C(=O)OCc1ccccc1. The van der Waals surface area contributed by atoms with Gasteiger partial charge in [0.25, 0.3) is 0 Å². The second-order valence-corrected chi connectivity index (χ2v) is 9.37. The van der Waals surface area contributed by atoms with Crippen molar-refractivity contribution in [3.63, 3.8) is 0 Å². The second kappa shape index (κ2) is 18.1. The van der Waals surface area contributed by atoms with Gasteiger partial charge in [0.05, 0.1) is 0 Å². The third kappa shape index (κ3) is 13.4. The molecule has 0 unspecified atom stereocenters. The van der Waals surface area contributed by atoms with Crippen molar-refractivity contribution in [1.82, 2.24) is 0 Å². The van der Waals surface area contributed by atoms with Gasteiger partial charge < -0.3 is 33.2 Å². The molecule has 1 rings (SSSR count). The first-order valence-corrected chi connectivity index (χ1v) is 13.6. The van der Waals surface area contributed by atoms with E-state index >= 15 is 0 Å². The fourth-order valence-electron chi connectivity index (χ4n) is 2.95. The number of esters is 7. The molecule has 43 heavy (non-hydrogen) atoms. The van der Waals surface area contributed by atoms with Crippen LogP contribution in [0.5, 0.6) is 0 Å². The number of benzene rings is 1. The number of hydrogen-bond donors (Lipinski definition) is 0. The van der Waals surface area contributed by atoms with E-state index in [-0.39, 0.29) is 13.0 Å². The molecule has 238 valence electrons. The first-order valence-electron chi connectivity index (χ1n) is 13.6. The van der Waals surface area contributed by atoms with E-state index in [0.29, 0.717) is 6.42 Å². The fourth-order valence-corrected chi connectivity index (χ4v) is 2.95. The maximum atomic E-state index is 12.3. The predicted molar refractivity (Wildman–Crippen MR) is 144 cm³/mol. The van der Waals surface area contributed by atoms with Gasteiger partial charge in [-0.2, -0.15) is 0 Å². The van der Waals surface area contributed by atoms with E-state index in [1.54, 1.807) is 37.3 Å². The van der Waals surface area contributed by atoms with Crippen LogP contribution in [0.15, 0.2) is 30.3 Å². The molecular weight excluding hydrogens is 572 g/mol. The normalized spacial score (nSPS) is 14.8. The molecule has 1 aromatic rings. The molecule has 0 aliphatic heterocycles. The van der Waals surface area contributed by atoms with Gasteiger partial charge >= 0.3 is 41.8 Å². The van der Waals surface area contributed by atoms with E-state index in [4.69, 9.17) is 33.2 Å². The van der Waals surface area contributed by atoms with Crippen molar-refractivity contribution in [2.75, 3.05) is 0 Å². The summed E-state index contributed by atoms with van der Waals surface area (Å²) in [6, 6.07) is 8.84. The summed E-state index contributed by atoms with van der Waals surface area (Å²) in [6.45, 7) is 8.98. The number of ether oxygens (including phenoxy) is 7. The summed E-state index contributed by atoms with van der Waals surface area (Å²) in [5, 5.41) is 0. The van der Waals surface area contributed by atoms with Crippen molar-refractivity contribution >= 4 is 41.8 Å². The van der Waals surface area contributed by atoms with Crippen LogP contribution in [0.3, 0.4) is 0 Å². The van der Waals surface area contributed by atoms with Crippen LogP contribution in [0, 0.1) is 0 Å². The monoisotopic (exact) mass is 610 g/mol. The summed E-state index contributed by atoms with van der Waals surface area (Å²) >= 11 is 0. The van der Waals surface area contributed by atoms with E-state index < -0.39 is 78.4 Å². The van der Waals surface area contributed by atoms with Crippen LogP contribution in [0.1, 0.15) is 66.9 Å². The highest BCUT2D eigenvalue weighted by molar-refractivity contribution is 5.87. The quantitative estimate of drug-likeness (QED) is 0.196. The lowest BCUT2D eigenvalue weighted by molar-refractivity contribution is -0.188. The van der Waals surface area contributed by atoms with Gasteiger partial charge in [0.2, 0.25) is 0 Å². The Balaban J connectivity index is 2.48. The van der Waals surface area contributed by atoms with Gasteiger partial charge in [-0.1, -0.05) is 37.3 Å². The van der Waals surface area contributed by atoms with E-state index in [1.807, 2.05) is 0 Å². The molecule has 0 spiro atoms. The van der Waals surface area contributed by atoms with Gasteiger partial charge in [0.15, 0.2) is 36.6 Å². The van der Waals surface area contributed by atoms with Crippen LogP contribution in [-0.2, 0) is 73.3 Å². The molecule has 0 amide bonds. The molecule has 14 nitrogen and oxygen atoms in total. The molecule has 0 heterocycles. The Bertz CT molecular complexity index is 1130. The largest absolute Gasteiger partial charge is 0.458 e. The van der Waals surface area contributed by atoms with Crippen LogP contribution in [0.2, 0.25) is 0 Å². The van der Waals surface area contributed by atoms with Gasteiger partial charge in [0, 0.05) is 6.42 Å². The van der Waals surface area contributed by atoms with E-state index in [2.05, 4.69) is 0 Å². The number of rotatable bonds is 16. The zero-order valence-electron chi connectivity index (χ0n) is 25.2.